The standard InChI is InChI=1S/C24H32N2O8/c1-2-24(12-28)7-3-8-26-9-6-15-14-5-4-13(10-16(14)25-18(15)22(24)26)34-23(33)21(32)20(31)19(30)17(29)11-27/h4-5,10-11,17,19-22,25,28-32H,2-3,6-9,12H2,1H3/t17-,19+,20-,21-,22+,24+/m0/s1. The number of piperidine rings is 1. The van der Waals surface area contributed by atoms with E-state index in [1.807, 2.05) is 6.07 Å². The second-order valence-electron chi connectivity index (χ2n) is 9.36. The SMILES string of the molecule is CC[C@]1(CO)CCCN2CCc3c([nH]c4cc(OC(=O)[C@@H](O)[C@@H](O)[C@H](O)[C@@H](O)C=O)ccc34)[C@@H]21. The molecule has 6 N–H and O–H groups in total. The number of rotatable bonds is 8. The molecule has 4 rings (SSSR count). The quantitative estimate of drug-likeness (QED) is 0.172. The number of nitrogens with zero attached hydrogens (tertiary/aromatic N) is 1. The molecule has 10 heteroatoms. The van der Waals surface area contributed by atoms with Crippen molar-refractivity contribution in [1.82, 2.24) is 9.88 Å². The van der Waals surface area contributed by atoms with E-state index in [4.69, 9.17) is 4.74 Å². The van der Waals surface area contributed by atoms with Crippen LogP contribution >= 0.6 is 0 Å². The Hall–Kier alpha value is -2.34. The Morgan fingerprint density at radius 3 is 2.71 bits per heavy atom. The topological polar surface area (TPSA) is 164 Å². The summed E-state index contributed by atoms with van der Waals surface area (Å²) in [7, 11) is 0. The van der Waals surface area contributed by atoms with Gasteiger partial charge >= 0.3 is 5.97 Å². The van der Waals surface area contributed by atoms with Crippen LogP contribution in [0.15, 0.2) is 18.2 Å². The van der Waals surface area contributed by atoms with Gasteiger partial charge in [-0.2, -0.15) is 0 Å². The molecule has 0 unspecified atom stereocenters. The van der Waals surface area contributed by atoms with Crippen molar-refractivity contribution in [3.8, 4) is 5.75 Å². The maximum absolute atomic E-state index is 12.3. The lowest BCUT2D eigenvalue weighted by molar-refractivity contribution is -0.161. The summed E-state index contributed by atoms with van der Waals surface area (Å²) in [6, 6.07) is 5.10. The van der Waals surface area contributed by atoms with E-state index in [1.165, 1.54) is 5.56 Å². The van der Waals surface area contributed by atoms with E-state index in [0.29, 0.717) is 0 Å². The van der Waals surface area contributed by atoms with Gasteiger partial charge in [0.25, 0.3) is 0 Å². The summed E-state index contributed by atoms with van der Waals surface area (Å²) in [5, 5.41) is 50.1. The van der Waals surface area contributed by atoms with Gasteiger partial charge in [0.1, 0.15) is 24.1 Å². The fourth-order valence-electron chi connectivity index (χ4n) is 5.53. The molecule has 2 aliphatic rings. The molecule has 6 atom stereocenters. The third-order valence-corrected chi connectivity index (χ3v) is 7.54. The van der Waals surface area contributed by atoms with Crippen LogP contribution in [0.3, 0.4) is 0 Å². The van der Waals surface area contributed by atoms with E-state index < -0.39 is 30.4 Å². The summed E-state index contributed by atoms with van der Waals surface area (Å²) in [5.74, 6) is -1.11. The van der Waals surface area contributed by atoms with Crippen LogP contribution in [0, 0.1) is 5.41 Å². The van der Waals surface area contributed by atoms with Gasteiger partial charge in [0.05, 0.1) is 12.6 Å². The summed E-state index contributed by atoms with van der Waals surface area (Å²) in [4.78, 5) is 28.8. The number of ether oxygens (including phenoxy) is 1. The largest absolute Gasteiger partial charge is 0.424 e. The predicted molar refractivity (Wildman–Crippen MR) is 121 cm³/mol. The maximum Gasteiger partial charge on any atom is 0.343 e. The zero-order valence-corrected chi connectivity index (χ0v) is 19.1. The number of carbonyl (C=O) groups excluding carboxylic acids is 2. The highest BCUT2D eigenvalue weighted by molar-refractivity contribution is 5.87. The highest BCUT2D eigenvalue weighted by atomic mass is 16.6. The minimum absolute atomic E-state index is 0.00958. The van der Waals surface area contributed by atoms with Crippen LogP contribution in [0.1, 0.15) is 43.5 Å². The number of aliphatic hydroxyl groups is 5. The Labute approximate surface area is 196 Å². The van der Waals surface area contributed by atoms with Gasteiger partial charge in [-0.1, -0.05) is 6.92 Å². The Kier molecular flexibility index (Phi) is 7.09. The van der Waals surface area contributed by atoms with Gasteiger partial charge in [0.15, 0.2) is 12.4 Å². The summed E-state index contributed by atoms with van der Waals surface area (Å²) >= 11 is 0. The van der Waals surface area contributed by atoms with Crippen molar-refractivity contribution in [1.29, 1.82) is 0 Å². The summed E-state index contributed by atoms with van der Waals surface area (Å²) in [6.45, 7) is 4.10. The van der Waals surface area contributed by atoms with Crippen molar-refractivity contribution >= 4 is 23.2 Å². The number of nitrogens with one attached hydrogen (secondary N) is 1. The van der Waals surface area contributed by atoms with E-state index in [-0.39, 0.29) is 30.1 Å². The second kappa shape index (κ2) is 9.73. The highest BCUT2D eigenvalue weighted by Gasteiger charge is 2.47. The van der Waals surface area contributed by atoms with Gasteiger partial charge in [-0.25, -0.2) is 4.79 Å². The van der Waals surface area contributed by atoms with E-state index in [9.17, 15) is 35.1 Å². The molecule has 0 aliphatic carbocycles. The molecule has 10 nitrogen and oxygen atoms in total. The smallest absolute Gasteiger partial charge is 0.343 e. The zero-order chi connectivity index (χ0) is 24.6. The van der Waals surface area contributed by atoms with E-state index >= 15 is 0 Å². The average molecular weight is 477 g/mol. The normalized spacial score (nSPS) is 26.2. The molecule has 0 amide bonds. The number of carbonyl (C=O) groups is 2. The van der Waals surface area contributed by atoms with Crippen LogP contribution in [0.25, 0.3) is 10.9 Å². The molecule has 0 bridgehead atoms. The monoisotopic (exact) mass is 476 g/mol. The number of aromatic amines is 1. The molecular weight excluding hydrogens is 444 g/mol. The van der Waals surface area contributed by atoms with Gasteiger partial charge < -0.3 is 40.0 Å². The van der Waals surface area contributed by atoms with Crippen LogP contribution in [0.2, 0.25) is 0 Å². The number of H-pyrrole nitrogens is 1. The molecule has 0 radical (unpaired) electrons. The third kappa shape index (κ3) is 4.15. The summed E-state index contributed by atoms with van der Waals surface area (Å²) in [5.41, 5.74) is 2.78. The number of esters is 1. The lowest BCUT2D eigenvalue weighted by Crippen LogP contribution is -2.50. The average Bonchev–Trinajstić information content (AvgIpc) is 3.24. The Bertz CT molecular complexity index is 1050. The number of aldehydes is 1. The third-order valence-electron chi connectivity index (χ3n) is 7.54. The molecule has 34 heavy (non-hydrogen) atoms. The predicted octanol–water partition coefficient (Wildman–Crippen LogP) is -0.202. The Morgan fingerprint density at radius 1 is 1.26 bits per heavy atom. The molecule has 2 aromatic rings. The van der Waals surface area contributed by atoms with Gasteiger partial charge in [-0.3, -0.25) is 4.90 Å². The van der Waals surface area contributed by atoms with Crippen LogP contribution in [0.5, 0.6) is 5.75 Å². The van der Waals surface area contributed by atoms with Crippen molar-refractivity contribution in [2.75, 3.05) is 19.7 Å². The van der Waals surface area contributed by atoms with Crippen molar-refractivity contribution in [3.05, 3.63) is 29.5 Å². The van der Waals surface area contributed by atoms with Crippen molar-refractivity contribution < 1.29 is 39.9 Å². The molecule has 1 fully saturated rings. The van der Waals surface area contributed by atoms with Crippen LogP contribution < -0.4 is 4.74 Å². The minimum Gasteiger partial charge on any atom is -0.424 e. The number of hydrogen-bond donors (Lipinski definition) is 6. The lowest BCUT2D eigenvalue weighted by Gasteiger charge is -2.51. The first-order valence-corrected chi connectivity index (χ1v) is 11.6. The van der Waals surface area contributed by atoms with Crippen LogP contribution in [0.4, 0.5) is 0 Å². The lowest BCUT2D eigenvalue weighted by atomic mass is 9.68. The van der Waals surface area contributed by atoms with Gasteiger partial charge in [0, 0.05) is 34.6 Å². The molecule has 1 saturated heterocycles. The molecule has 0 spiro atoms. The highest BCUT2D eigenvalue weighted by Crippen LogP contribution is 2.51. The first-order chi connectivity index (χ1) is 16.3. The van der Waals surface area contributed by atoms with Gasteiger partial charge in [0.2, 0.25) is 0 Å². The molecule has 1 aromatic heterocycles. The fourth-order valence-corrected chi connectivity index (χ4v) is 5.53. The first kappa shape index (κ1) is 24.8. The molecule has 3 heterocycles. The summed E-state index contributed by atoms with van der Waals surface area (Å²) < 4.78 is 5.19. The number of aromatic nitrogens is 1. The molecule has 1 aromatic carbocycles. The molecule has 186 valence electrons. The van der Waals surface area contributed by atoms with E-state index in [1.54, 1.807) is 12.1 Å². The van der Waals surface area contributed by atoms with Crippen molar-refractivity contribution in [2.24, 2.45) is 5.41 Å². The first-order valence-electron chi connectivity index (χ1n) is 11.6. The number of hydrogen-bond acceptors (Lipinski definition) is 9. The van der Waals surface area contributed by atoms with Crippen LogP contribution in [-0.2, 0) is 16.0 Å². The van der Waals surface area contributed by atoms with Crippen LogP contribution in [-0.4, -0.2) is 91.8 Å². The van der Waals surface area contributed by atoms with E-state index in [2.05, 4.69) is 16.8 Å². The molecular formula is C24H32N2O8. The van der Waals surface area contributed by atoms with Crippen molar-refractivity contribution in [2.45, 2.75) is 63.1 Å². The Morgan fingerprint density at radius 2 is 2.03 bits per heavy atom. The fraction of sp³-hybridized carbons (Fsp3) is 0.583. The number of aliphatic hydroxyl groups excluding tert-OH is 5. The maximum atomic E-state index is 12.3. The van der Waals surface area contributed by atoms with E-state index in [0.717, 1.165) is 55.4 Å². The zero-order valence-electron chi connectivity index (χ0n) is 19.1. The molecule has 0 saturated carbocycles. The Balaban J connectivity index is 1.59. The summed E-state index contributed by atoms with van der Waals surface area (Å²) in [6.07, 6.45) is -4.56. The van der Waals surface area contributed by atoms with Gasteiger partial charge in [-0.05, 0) is 49.9 Å². The second-order valence-corrected chi connectivity index (χ2v) is 9.36. The van der Waals surface area contributed by atoms with Crippen molar-refractivity contribution in [3.63, 3.8) is 0 Å². The minimum atomic E-state index is -2.16. The number of benzene rings is 1. The van der Waals surface area contributed by atoms with Gasteiger partial charge in [-0.15, -0.1) is 0 Å². The molecule has 2 aliphatic heterocycles. The number of fused-ring (bicyclic) bond motifs is 5.